The number of amides is 1. The Bertz CT molecular complexity index is 914. The van der Waals surface area contributed by atoms with Gasteiger partial charge in [0.1, 0.15) is 5.82 Å². The molecule has 2 aromatic rings. The molecule has 1 amide bonds. The van der Waals surface area contributed by atoms with Crippen LogP contribution in [0.3, 0.4) is 0 Å². The molecule has 2 saturated heterocycles. The molecule has 0 bridgehead atoms. The molecule has 0 radical (unpaired) electrons. The number of fused-ring (bicyclic) bond motifs is 1. The van der Waals surface area contributed by atoms with Crippen molar-refractivity contribution in [1.82, 2.24) is 14.7 Å². The molecule has 158 valence electrons. The van der Waals surface area contributed by atoms with Crippen molar-refractivity contribution in [3.05, 3.63) is 77.6 Å². The molecule has 0 unspecified atom stereocenters. The van der Waals surface area contributed by atoms with Gasteiger partial charge in [-0.1, -0.05) is 48.5 Å². The largest absolute Gasteiger partial charge is 0.338 e. The Morgan fingerprint density at radius 2 is 1.83 bits per heavy atom. The van der Waals surface area contributed by atoms with Crippen molar-refractivity contribution in [3.63, 3.8) is 0 Å². The number of benzene rings is 2. The van der Waals surface area contributed by atoms with Gasteiger partial charge in [0.2, 0.25) is 5.91 Å². The molecule has 2 heterocycles. The number of halogens is 1. The van der Waals surface area contributed by atoms with E-state index >= 15 is 0 Å². The van der Waals surface area contributed by atoms with Crippen LogP contribution in [0, 0.1) is 17.2 Å². The van der Waals surface area contributed by atoms with Crippen molar-refractivity contribution < 1.29 is 9.18 Å². The van der Waals surface area contributed by atoms with E-state index in [9.17, 15) is 9.18 Å². The molecule has 30 heavy (non-hydrogen) atoms. The van der Waals surface area contributed by atoms with Gasteiger partial charge in [0.25, 0.3) is 0 Å². The summed E-state index contributed by atoms with van der Waals surface area (Å²) in [5, 5.41) is 0. The topological polar surface area (TPSA) is 26.8 Å². The quantitative estimate of drug-likeness (QED) is 0.687. The van der Waals surface area contributed by atoms with Crippen molar-refractivity contribution >= 4 is 12.0 Å². The van der Waals surface area contributed by atoms with Crippen LogP contribution in [-0.4, -0.2) is 67.4 Å². The van der Waals surface area contributed by atoms with Gasteiger partial charge in [0.05, 0.1) is 0 Å². The van der Waals surface area contributed by atoms with Gasteiger partial charge in [-0.2, -0.15) is 0 Å². The summed E-state index contributed by atoms with van der Waals surface area (Å²) in [5.74, 6) is 0.340. The van der Waals surface area contributed by atoms with E-state index in [4.69, 9.17) is 0 Å². The first-order chi connectivity index (χ1) is 14.4. The Morgan fingerprint density at radius 3 is 2.57 bits per heavy atom. The van der Waals surface area contributed by atoms with Crippen molar-refractivity contribution in [2.45, 2.75) is 6.54 Å². The highest BCUT2D eigenvalue weighted by molar-refractivity contribution is 5.92. The third kappa shape index (κ3) is 4.47. The monoisotopic (exact) mass is 407 g/mol. The molecule has 0 aromatic heterocycles. The van der Waals surface area contributed by atoms with Gasteiger partial charge in [-0.15, -0.1) is 0 Å². The zero-order valence-electron chi connectivity index (χ0n) is 17.8. The average Bonchev–Trinajstić information content (AvgIpc) is 3.21. The normalized spacial score (nSPS) is 24.1. The van der Waals surface area contributed by atoms with Crippen LogP contribution in [0.15, 0.2) is 60.7 Å². The molecule has 2 aromatic carbocycles. The fraction of sp³-hybridized carbons (Fsp3) is 0.400. The number of carbonyl (C=O) groups is 1. The lowest BCUT2D eigenvalue weighted by molar-refractivity contribution is -0.125. The number of rotatable bonds is 6. The van der Waals surface area contributed by atoms with Crippen molar-refractivity contribution in [2.75, 3.05) is 46.8 Å². The Kier molecular flexibility index (Phi) is 6.02. The second kappa shape index (κ2) is 8.70. The van der Waals surface area contributed by atoms with E-state index in [0.717, 1.165) is 43.9 Å². The summed E-state index contributed by atoms with van der Waals surface area (Å²) in [6.07, 6.45) is 3.58. The van der Waals surface area contributed by atoms with Gasteiger partial charge in [0.15, 0.2) is 0 Å². The van der Waals surface area contributed by atoms with Crippen molar-refractivity contribution in [1.29, 1.82) is 0 Å². The van der Waals surface area contributed by atoms with E-state index in [1.807, 2.05) is 53.4 Å². The highest BCUT2D eigenvalue weighted by Gasteiger charge is 2.53. The first-order valence-corrected chi connectivity index (χ1v) is 10.6. The Labute approximate surface area is 178 Å². The summed E-state index contributed by atoms with van der Waals surface area (Å²) in [6, 6.07) is 16.9. The Hall–Kier alpha value is -2.50. The van der Waals surface area contributed by atoms with Gasteiger partial charge in [-0.05, 0) is 37.7 Å². The third-order valence-electron chi connectivity index (χ3n) is 6.34. The first-order valence-electron chi connectivity index (χ1n) is 10.6. The lowest BCUT2D eigenvalue weighted by atomic mass is 9.80. The van der Waals surface area contributed by atoms with Crippen LogP contribution < -0.4 is 0 Å². The highest BCUT2D eigenvalue weighted by atomic mass is 19.1. The van der Waals surface area contributed by atoms with Crippen molar-refractivity contribution in [3.8, 4) is 0 Å². The minimum Gasteiger partial charge on any atom is -0.338 e. The summed E-state index contributed by atoms with van der Waals surface area (Å²) in [7, 11) is 4.18. The van der Waals surface area contributed by atoms with Crippen LogP contribution >= 0.6 is 0 Å². The minimum absolute atomic E-state index is 0.0327. The van der Waals surface area contributed by atoms with Gasteiger partial charge in [-0.25, -0.2) is 4.39 Å². The summed E-state index contributed by atoms with van der Waals surface area (Å²) in [6.45, 7) is 4.85. The molecular formula is C25H30FN3O. The molecule has 4 nitrogen and oxygen atoms in total. The maximum absolute atomic E-state index is 14.1. The molecule has 5 heteroatoms. The van der Waals surface area contributed by atoms with Crippen molar-refractivity contribution in [2.24, 2.45) is 11.3 Å². The molecule has 2 atom stereocenters. The molecule has 4 rings (SSSR count). The van der Waals surface area contributed by atoms with Crippen LogP contribution in [0.2, 0.25) is 0 Å². The highest BCUT2D eigenvalue weighted by Crippen LogP contribution is 2.43. The Balaban J connectivity index is 1.45. The van der Waals surface area contributed by atoms with Gasteiger partial charge < -0.3 is 9.80 Å². The maximum atomic E-state index is 14.1. The Morgan fingerprint density at radius 1 is 1.10 bits per heavy atom. The van der Waals surface area contributed by atoms with Crippen LogP contribution in [-0.2, 0) is 11.3 Å². The zero-order chi connectivity index (χ0) is 21.1. The predicted molar refractivity (Wildman–Crippen MR) is 118 cm³/mol. The van der Waals surface area contributed by atoms with Crippen LogP contribution in [0.1, 0.15) is 11.1 Å². The zero-order valence-corrected chi connectivity index (χ0v) is 17.8. The molecule has 0 spiro atoms. The molecule has 0 aliphatic carbocycles. The average molecular weight is 408 g/mol. The molecule has 0 saturated carbocycles. The van der Waals surface area contributed by atoms with E-state index in [1.54, 1.807) is 12.1 Å². The smallest absolute Gasteiger partial charge is 0.246 e. The van der Waals surface area contributed by atoms with E-state index in [1.165, 1.54) is 6.07 Å². The second-order valence-corrected chi connectivity index (χ2v) is 9.02. The van der Waals surface area contributed by atoms with E-state index in [2.05, 4.69) is 23.9 Å². The lowest BCUT2D eigenvalue weighted by Gasteiger charge is -2.32. The molecule has 2 aliphatic heterocycles. The number of nitrogens with zero attached hydrogens (tertiary/aromatic N) is 3. The second-order valence-electron chi connectivity index (χ2n) is 9.02. The molecule has 2 aliphatic rings. The summed E-state index contributed by atoms with van der Waals surface area (Å²) < 4.78 is 14.1. The fourth-order valence-electron chi connectivity index (χ4n) is 5.14. The summed E-state index contributed by atoms with van der Waals surface area (Å²) >= 11 is 0. The molecule has 2 fully saturated rings. The lowest BCUT2D eigenvalue weighted by Crippen LogP contribution is -2.42. The van der Waals surface area contributed by atoms with Gasteiger partial charge >= 0.3 is 0 Å². The summed E-state index contributed by atoms with van der Waals surface area (Å²) in [4.78, 5) is 19.4. The van der Waals surface area contributed by atoms with E-state index in [0.29, 0.717) is 12.5 Å². The van der Waals surface area contributed by atoms with Crippen LogP contribution in [0.25, 0.3) is 6.08 Å². The number of carbonyl (C=O) groups excluding carboxylic acids is 1. The van der Waals surface area contributed by atoms with Crippen LogP contribution in [0.5, 0.6) is 0 Å². The SMILES string of the molecule is CN(C)C[C@]12CN(Cc3ccccc3F)C[C@H]1CN(C(=O)C=Cc1ccccc1)C2. The minimum atomic E-state index is -0.140. The number of likely N-dealkylation sites (tertiary alicyclic amines) is 2. The van der Waals surface area contributed by atoms with Gasteiger partial charge in [0, 0.05) is 56.3 Å². The maximum Gasteiger partial charge on any atom is 0.246 e. The molecule has 0 N–H and O–H groups in total. The fourth-order valence-corrected chi connectivity index (χ4v) is 5.14. The van der Waals surface area contributed by atoms with E-state index < -0.39 is 0 Å². The van der Waals surface area contributed by atoms with E-state index in [-0.39, 0.29) is 17.1 Å². The standard InChI is InChI=1S/C25H30FN3O/c1-27(2)17-25-18-28(14-21-10-6-7-11-23(21)26)15-22(25)16-29(19-25)24(30)13-12-20-8-4-3-5-9-20/h3-13,22H,14-19H2,1-2H3/t22-,25+/m0/s1. The van der Waals surface area contributed by atoms with Crippen LogP contribution in [0.4, 0.5) is 4.39 Å². The third-order valence-corrected chi connectivity index (χ3v) is 6.34. The number of hydrogen-bond donors (Lipinski definition) is 0. The first kappa shape index (κ1) is 20.8. The predicted octanol–water partition coefficient (Wildman–Crippen LogP) is 3.36. The number of hydrogen-bond acceptors (Lipinski definition) is 3. The van der Waals surface area contributed by atoms with Gasteiger partial charge in [-0.3, -0.25) is 9.69 Å². The molecular weight excluding hydrogens is 377 g/mol. The summed E-state index contributed by atoms with van der Waals surface area (Å²) in [5.41, 5.74) is 1.81.